The minimum Gasteiger partial charge on any atom is -0.409 e. The zero-order chi connectivity index (χ0) is 28.5. The molecule has 206 valence electrons. The van der Waals surface area contributed by atoms with E-state index in [-0.39, 0.29) is 21.7 Å². The highest BCUT2D eigenvalue weighted by atomic mass is 31.2. The molecule has 0 aliphatic heterocycles. The van der Waals surface area contributed by atoms with Crippen molar-refractivity contribution in [2.24, 2.45) is 0 Å². The predicted octanol–water partition coefficient (Wildman–Crippen LogP) is 10.6. The van der Waals surface area contributed by atoms with Crippen LogP contribution in [0.15, 0.2) is 66.7 Å². The van der Waals surface area contributed by atoms with E-state index >= 15 is 0 Å². The summed E-state index contributed by atoms with van der Waals surface area (Å²) < 4.78 is 19.6. The second-order valence-corrected chi connectivity index (χ2v) is 15.2. The quantitative estimate of drug-likeness (QED) is 0.294. The molecular formula is C34H47O3P. The van der Waals surface area contributed by atoms with Crippen molar-refractivity contribution in [2.75, 3.05) is 0 Å². The molecule has 3 rings (SSSR count). The fraction of sp³-hybridized carbons (Fsp3) is 0.471. The summed E-state index contributed by atoms with van der Waals surface area (Å²) in [6, 6.07) is 22.9. The van der Waals surface area contributed by atoms with Gasteiger partial charge in [-0.25, -0.2) is 0 Å². The Morgan fingerprint density at radius 2 is 0.763 bits per heavy atom. The Labute approximate surface area is 232 Å². The topological polar surface area (TPSA) is 27.7 Å². The molecule has 0 amide bonds. The summed E-state index contributed by atoms with van der Waals surface area (Å²) >= 11 is 0. The molecule has 0 aromatic heterocycles. The lowest BCUT2D eigenvalue weighted by Crippen LogP contribution is -2.19. The van der Waals surface area contributed by atoms with Gasteiger partial charge in [-0.3, -0.25) is 0 Å². The van der Waals surface area contributed by atoms with Crippen LogP contribution in [-0.2, 0) is 21.7 Å². The number of rotatable bonds is 6. The van der Waals surface area contributed by atoms with Crippen LogP contribution in [0.3, 0.4) is 0 Å². The van der Waals surface area contributed by atoms with Crippen molar-refractivity contribution < 1.29 is 13.6 Å². The molecule has 0 aliphatic rings. The molecule has 4 heteroatoms. The molecule has 3 aromatic carbocycles. The molecule has 0 spiro atoms. The molecule has 0 saturated heterocycles. The Balaban J connectivity index is 2.03. The van der Waals surface area contributed by atoms with Gasteiger partial charge in [-0.15, -0.1) is 0 Å². The van der Waals surface area contributed by atoms with Crippen molar-refractivity contribution in [3.63, 3.8) is 0 Å². The molecule has 0 atom stereocenters. The first-order valence-corrected chi connectivity index (χ1v) is 14.6. The number of benzene rings is 3. The summed E-state index contributed by atoms with van der Waals surface area (Å²) in [5.74, 6) is 2.29. The first-order chi connectivity index (χ1) is 17.4. The minimum absolute atomic E-state index is 0.0678. The zero-order valence-electron chi connectivity index (χ0n) is 25.5. The molecule has 0 fully saturated rings. The highest BCUT2D eigenvalue weighted by Crippen LogP contribution is 2.49. The normalized spacial score (nSPS) is 13.0. The van der Waals surface area contributed by atoms with Crippen LogP contribution in [0.4, 0.5) is 0 Å². The molecule has 3 nitrogen and oxygen atoms in total. The van der Waals surface area contributed by atoms with Gasteiger partial charge in [0.2, 0.25) is 0 Å². The van der Waals surface area contributed by atoms with Gasteiger partial charge in [0.1, 0.15) is 17.2 Å². The van der Waals surface area contributed by atoms with Crippen LogP contribution in [-0.4, -0.2) is 0 Å². The summed E-state index contributed by atoms with van der Waals surface area (Å²) in [6.07, 6.45) is 0. The summed E-state index contributed by atoms with van der Waals surface area (Å²) in [4.78, 5) is 0. The summed E-state index contributed by atoms with van der Waals surface area (Å²) in [6.45, 7) is 26.5. The largest absolute Gasteiger partial charge is 0.530 e. The fourth-order valence-electron chi connectivity index (χ4n) is 4.15. The first kappa shape index (κ1) is 30.0. The van der Waals surface area contributed by atoms with E-state index in [9.17, 15) is 0 Å². The Morgan fingerprint density at radius 3 is 1.05 bits per heavy atom. The van der Waals surface area contributed by atoms with Gasteiger partial charge in [-0.2, -0.15) is 0 Å². The molecule has 0 N–H and O–H groups in total. The third-order valence-corrected chi connectivity index (χ3v) is 7.65. The van der Waals surface area contributed by atoms with Gasteiger partial charge in [0.05, 0.1) is 0 Å². The Morgan fingerprint density at radius 1 is 0.421 bits per heavy atom. The average molecular weight is 535 g/mol. The van der Waals surface area contributed by atoms with Crippen molar-refractivity contribution in [3.8, 4) is 17.2 Å². The Hall–Kier alpha value is -2.51. The van der Waals surface area contributed by atoms with E-state index in [1.54, 1.807) is 0 Å². The second-order valence-electron chi connectivity index (χ2n) is 14.2. The van der Waals surface area contributed by atoms with Crippen LogP contribution in [0.25, 0.3) is 0 Å². The van der Waals surface area contributed by atoms with Gasteiger partial charge < -0.3 is 13.6 Å². The SMILES string of the molecule is CC(C)(C)c1ccc(OP(Oc2ccc(C(C)(C)C)cc2)Oc2c(C(C)(C)C)cccc2C(C)(C)C)cc1. The molecule has 0 bridgehead atoms. The lowest BCUT2D eigenvalue weighted by atomic mass is 9.80. The van der Waals surface area contributed by atoms with Gasteiger partial charge >= 0.3 is 8.60 Å². The summed E-state index contributed by atoms with van der Waals surface area (Å²) in [7, 11) is -1.79. The van der Waals surface area contributed by atoms with E-state index in [2.05, 4.69) is 126 Å². The fourth-order valence-corrected chi connectivity index (χ4v) is 5.20. The van der Waals surface area contributed by atoms with Crippen molar-refractivity contribution >= 4 is 8.60 Å². The molecule has 3 aromatic rings. The van der Waals surface area contributed by atoms with Crippen LogP contribution in [0.5, 0.6) is 17.2 Å². The number of para-hydroxylation sites is 1. The molecule has 0 saturated carbocycles. The van der Waals surface area contributed by atoms with Gasteiger partial charge in [-0.05, 0) is 57.1 Å². The standard InChI is InChI=1S/C34H47O3P/c1-31(2,3)24-16-20-26(21-17-24)35-38(36-27-22-18-25(19-23-27)32(4,5)6)37-30-28(33(7,8)9)14-13-15-29(30)34(10,11)12/h13-23H,1-12H3. The Kier molecular flexibility index (Phi) is 8.64. The average Bonchev–Trinajstić information content (AvgIpc) is 2.77. The smallest absolute Gasteiger partial charge is 0.409 e. The van der Waals surface area contributed by atoms with Crippen molar-refractivity contribution in [1.29, 1.82) is 0 Å². The highest BCUT2D eigenvalue weighted by Gasteiger charge is 2.31. The maximum Gasteiger partial charge on any atom is 0.530 e. The van der Waals surface area contributed by atoms with E-state index in [0.717, 1.165) is 28.4 Å². The van der Waals surface area contributed by atoms with E-state index in [1.807, 2.05) is 24.3 Å². The van der Waals surface area contributed by atoms with E-state index in [1.165, 1.54) is 11.1 Å². The third kappa shape index (κ3) is 7.76. The lowest BCUT2D eigenvalue weighted by Gasteiger charge is -2.30. The first-order valence-electron chi connectivity index (χ1n) is 13.5. The summed E-state index contributed by atoms with van der Waals surface area (Å²) in [5, 5.41) is 0. The second kappa shape index (κ2) is 10.9. The molecule has 38 heavy (non-hydrogen) atoms. The van der Waals surface area contributed by atoms with Crippen LogP contribution < -0.4 is 13.6 Å². The maximum atomic E-state index is 6.75. The molecule has 0 unspecified atom stereocenters. The van der Waals surface area contributed by atoms with Crippen LogP contribution in [0.2, 0.25) is 0 Å². The molecular weight excluding hydrogens is 487 g/mol. The molecule has 0 aliphatic carbocycles. The zero-order valence-corrected chi connectivity index (χ0v) is 26.4. The van der Waals surface area contributed by atoms with Crippen LogP contribution in [0.1, 0.15) is 105 Å². The van der Waals surface area contributed by atoms with Crippen LogP contribution >= 0.6 is 8.60 Å². The van der Waals surface area contributed by atoms with Gasteiger partial charge in [-0.1, -0.05) is 126 Å². The monoisotopic (exact) mass is 534 g/mol. The third-order valence-electron chi connectivity index (χ3n) is 6.60. The maximum absolute atomic E-state index is 6.75. The van der Waals surface area contributed by atoms with Crippen molar-refractivity contribution in [3.05, 3.63) is 89.0 Å². The molecule has 0 heterocycles. The van der Waals surface area contributed by atoms with E-state index in [4.69, 9.17) is 13.6 Å². The summed E-state index contributed by atoms with van der Waals surface area (Å²) in [5.41, 5.74) is 4.69. The van der Waals surface area contributed by atoms with Crippen molar-refractivity contribution in [1.82, 2.24) is 0 Å². The number of hydrogen-bond donors (Lipinski definition) is 0. The molecule has 0 radical (unpaired) electrons. The number of hydrogen-bond acceptors (Lipinski definition) is 3. The highest BCUT2D eigenvalue weighted by molar-refractivity contribution is 7.43. The lowest BCUT2D eigenvalue weighted by molar-refractivity contribution is 0.376. The van der Waals surface area contributed by atoms with Gasteiger partial charge in [0.15, 0.2) is 0 Å². The predicted molar refractivity (Wildman–Crippen MR) is 163 cm³/mol. The minimum atomic E-state index is -1.79. The Bertz CT molecular complexity index is 1110. The van der Waals surface area contributed by atoms with Gasteiger partial charge in [0.25, 0.3) is 0 Å². The van der Waals surface area contributed by atoms with Gasteiger partial charge in [0, 0.05) is 11.1 Å². The van der Waals surface area contributed by atoms with Crippen molar-refractivity contribution in [2.45, 2.75) is 105 Å². The van der Waals surface area contributed by atoms with E-state index in [0.29, 0.717) is 0 Å². The van der Waals surface area contributed by atoms with Crippen LogP contribution in [0, 0.1) is 0 Å². The van der Waals surface area contributed by atoms with E-state index < -0.39 is 8.60 Å².